The van der Waals surface area contributed by atoms with E-state index in [2.05, 4.69) is 15.9 Å². The first-order valence-electron chi connectivity index (χ1n) is 4.89. The molecule has 0 atom stereocenters. The van der Waals surface area contributed by atoms with Gasteiger partial charge in [0.1, 0.15) is 11.5 Å². The summed E-state index contributed by atoms with van der Waals surface area (Å²) in [4.78, 5) is 0. The van der Waals surface area contributed by atoms with Gasteiger partial charge in [0.05, 0.1) is 5.02 Å². The quantitative estimate of drug-likeness (QED) is 0.624. The topological polar surface area (TPSA) is 36.2 Å². The molecule has 0 saturated carbocycles. The molecule has 1 aromatic carbocycles. The molecule has 88 valence electrons. The van der Waals surface area contributed by atoms with Gasteiger partial charge in [0.25, 0.3) is 0 Å². The second-order valence-electron chi connectivity index (χ2n) is 3.51. The Morgan fingerprint density at radius 3 is 2.71 bits per heavy atom. The first-order chi connectivity index (χ1) is 8.06. The number of nitrogens with zero attached hydrogens (tertiary/aromatic N) is 1. The number of rotatable bonds is 2. The van der Waals surface area contributed by atoms with Crippen LogP contribution in [-0.4, -0.2) is 0 Å². The lowest BCUT2D eigenvalue weighted by molar-refractivity contribution is -0.612. The number of aryl methyl sites for hydroxylation is 1. The molecule has 1 aromatic heterocycles. The maximum absolute atomic E-state index is 11.2. The Hall–Kier alpha value is -1.26. The first-order valence-corrected chi connectivity index (χ1v) is 6.06. The number of ether oxygens (including phenoxy) is 1. The molecule has 5 heteroatoms. The molecule has 2 rings (SSSR count). The minimum atomic E-state index is 0.510. The molecular formula is C12H9BrClNO2. The number of hydrogen-bond donors (Lipinski definition) is 0. The molecule has 0 aliphatic carbocycles. The van der Waals surface area contributed by atoms with E-state index in [1.165, 1.54) is 6.20 Å². The largest absolute Gasteiger partial charge is 0.619 e. The Labute approximate surface area is 112 Å². The van der Waals surface area contributed by atoms with Gasteiger partial charge in [-0.15, -0.1) is 0 Å². The summed E-state index contributed by atoms with van der Waals surface area (Å²) in [6, 6.07) is 8.61. The molecule has 2 aromatic rings. The molecule has 0 radical (unpaired) electrons. The molecule has 0 spiro atoms. The molecule has 17 heavy (non-hydrogen) atoms. The standard InChI is InChI=1S/C12H9BrClNO2/c1-8-6-10(4-5-15(8)16)17-12-3-2-9(13)7-11(12)14/h2-7H,1H3. The highest BCUT2D eigenvalue weighted by molar-refractivity contribution is 9.10. The molecule has 0 aliphatic heterocycles. The van der Waals surface area contributed by atoms with Crippen molar-refractivity contribution in [2.24, 2.45) is 0 Å². The summed E-state index contributed by atoms with van der Waals surface area (Å²) in [6.45, 7) is 1.71. The molecule has 0 unspecified atom stereocenters. The highest BCUT2D eigenvalue weighted by Gasteiger charge is 2.06. The molecule has 0 aliphatic rings. The van der Waals surface area contributed by atoms with Crippen LogP contribution >= 0.6 is 27.5 Å². The predicted molar refractivity (Wildman–Crippen MR) is 69.4 cm³/mol. The van der Waals surface area contributed by atoms with Crippen LogP contribution in [-0.2, 0) is 0 Å². The van der Waals surface area contributed by atoms with Crippen molar-refractivity contribution in [3.05, 3.63) is 56.9 Å². The van der Waals surface area contributed by atoms with Crippen LogP contribution < -0.4 is 9.47 Å². The zero-order valence-corrected chi connectivity index (χ0v) is 11.3. The Balaban J connectivity index is 2.28. The normalized spacial score (nSPS) is 10.3. The fraction of sp³-hybridized carbons (Fsp3) is 0.0833. The maximum atomic E-state index is 11.2. The van der Waals surface area contributed by atoms with Gasteiger partial charge in [-0.25, -0.2) is 0 Å². The van der Waals surface area contributed by atoms with Crippen LogP contribution in [0, 0.1) is 12.1 Å². The van der Waals surface area contributed by atoms with Gasteiger partial charge in [-0.3, -0.25) is 0 Å². The van der Waals surface area contributed by atoms with Crippen LogP contribution in [0.3, 0.4) is 0 Å². The van der Waals surface area contributed by atoms with Crippen LogP contribution in [0.4, 0.5) is 0 Å². The number of halogens is 2. The minimum Gasteiger partial charge on any atom is -0.619 e. The Kier molecular flexibility index (Phi) is 3.54. The number of hydrogen-bond acceptors (Lipinski definition) is 2. The van der Waals surface area contributed by atoms with Crippen molar-refractivity contribution in [3.8, 4) is 11.5 Å². The maximum Gasteiger partial charge on any atom is 0.193 e. The van der Waals surface area contributed by atoms with E-state index in [4.69, 9.17) is 16.3 Å². The van der Waals surface area contributed by atoms with E-state index in [1.807, 2.05) is 6.07 Å². The molecule has 0 amide bonds. The summed E-state index contributed by atoms with van der Waals surface area (Å²) in [6.07, 6.45) is 1.40. The molecule has 3 nitrogen and oxygen atoms in total. The lowest BCUT2D eigenvalue weighted by Gasteiger charge is -2.08. The Morgan fingerprint density at radius 1 is 1.29 bits per heavy atom. The van der Waals surface area contributed by atoms with Gasteiger partial charge in [-0.2, -0.15) is 4.73 Å². The smallest absolute Gasteiger partial charge is 0.193 e. The van der Waals surface area contributed by atoms with Gasteiger partial charge in [-0.1, -0.05) is 27.5 Å². The van der Waals surface area contributed by atoms with Crippen LogP contribution in [0.25, 0.3) is 0 Å². The molecule has 1 heterocycles. The Bertz CT molecular complexity index is 560. The lowest BCUT2D eigenvalue weighted by Crippen LogP contribution is -2.28. The molecule has 0 saturated heterocycles. The van der Waals surface area contributed by atoms with Crippen LogP contribution in [0.1, 0.15) is 5.69 Å². The van der Waals surface area contributed by atoms with Crippen molar-refractivity contribution in [3.63, 3.8) is 0 Å². The second kappa shape index (κ2) is 4.94. The zero-order chi connectivity index (χ0) is 12.4. The van der Waals surface area contributed by atoms with Crippen molar-refractivity contribution < 1.29 is 9.47 Å². The molecule has 0 fully saturated rings. The fourth-order valence-corrected chi connectivity index (χ4v) is 2.04. The van der Waals surface area contributed by atoms with Crippen molar-refractivity contribution in [2.45, 2.75) is 6.92 Å². The van der Waals surface area contributed by atoms with Crippen LogP contribution in [0.15, 0.2) is 41.0 Å². The SMILES string of the molecule is Cc1cc(Oc2ccc(Br)cc2Cl)cc[n+]1[O-]. The van der Waals surface area contributed by atoms with E-state index >= 15 is 0 Å². The Morgan fingerprint density at radius 2 is 2.06 bits per heavy atom. The summed E-state index contributed by atoms with van der Waals surface area (Å²) >= 11 is 9.35. The minimum absolute atomic E-state index is 0.510. The molecule has 0 N–H and O–H groups in total. The molecular weight excluding hydrogens is 305 g/mol. The predicted octanol–water partition coefficient (Wildman–Crippen LogP) is 3.84. The van der Waals surface area contributed by atoms with Crippen molar-refractivity contribution in [1.29, 1.82) is 0 Å². The summed E-state index contributed by atoms with van der Waals surface area (Å²) in [5, 5.41) is 11.7. The fourth-order valence-electron chi connectivity index (χ4n) is 1.32. The first kappa shape index (κ1) is 12.2. The van der Waals surface area contributed by atoms with Crippen LogP contribution in [0.2, 0.25) is 5.02 Å². The van der Waals surface area contributed by atoms with E-state index in [-0.39, 0.29) is 0 Å². The zero-order valence-electron chi connectivity index (χ0n) is 8.98. The van der Waals surface area contributed by atoms with E-state index in [0.717, 1.165) is 9.20 Å². The summed E-state index contributed by atoms with van der Waals surface area (Å²) < 4.78 is 7.25. The third-order valence-corrected chi connectivity index (χ3v) is 2.98. The monoisotopic (exact) mass is 313 g/mol. The van der Waals surface area contributed by atoms with Gasteiger partial charge in [-0.05, 0) is 18.2 Å². The van der Waals surface area contributed by atoms with Gasteiger partial charge in [0, 0.05) is 23.5 Å². The van der Waals surface area contributed by atoms with Gasteiger partial charge < -0.3 is 9.94 Å². The lowest BCUT2D eigenvalue weighted by atomic mass is 10.3. The van der Waals surface area contributed by atoms with Gasteiger partial charge in [0.15, 0.2) is 11.9 Å². The van der Waals surface area contributed by atoms with Gasteiger partial charge >= 0.3 is 0 Å². The van der Waals surface area contributed by atoms with Crippen molar-refractivity contribution in [1.82, 2.24) is 0 Å². The van der Waals surface area contributed by atoms with Crippen LogP contribution in [0.5, 0.6) is 11.5 Å². The van der Waals surface area contributed by atoms with E-state index in [9.17, 15) is 5.21 Å². The highest BCUT2D eigenvalue weighted by atomic mass is 79.9. The summed E-state index contributed by atoms with van der Waals surface area (Å²) in [5.74, 6) is 1.14. The number of benzene rings is 1. The number of pyridine rings is 1. The third kappa shape index (κ3) is 2.90. The third-order valence-electron chi connectivity index (χ3n) is 2.19. The van der Waals surface area contributed by atoms with E-state index in [1.54, 1.807) is 31.2 Å². The van der Waals surface area contributed by atoms with Crippen molar-refractivity contribution in [2.75, 3.05) is 0 Å². The van der Waals surface area contributed by atoms with E-state index in [0.29, 0.717) is 22.2 Å². The van der Waals surface area contributed by atoms with Crippen molar-refractivity contribution >= 4 is 27.5 Å². The average Bonchev–Trinajstić information content (AvgIpc) is 2.27. The molecule has 0 bridgehead atoms. The number of aromatic nitrogens is 1. The summed E-state index contributed by atoms with van der Waals surface area (Å²) in [5.41, 5.74) is 0.565. The van der Waals surface area contributed by atoms with E-state index < -0.39 is 0 Å². The second-order valence-corrected chi connectivity index (χ2v) is 4.83. The highest BCUT2D eigenvalue weighted by Crippen LogP contribution is 2.31. The summed E-state index contributed by atoms with van der Waals surface area (Å²) in [7, 11) is 0. The average molecular weight is 315 g/mol. The van der Waals surface area contributed by atoms with Gasteiger partial charge in [0.2, 0.25) is 0 Å².